The first-order chi connectivity index (χ1) is 5.41. The zero-order valence-electron chi connectivity index (χ0n) is 7.83. The van der Waals surface area contributed by atoms with Crippen LogP contribution in [0.15, 0.2) is 0 Å². The Morgan fingerprint density at radius 1 is 1.42 bits per heavy atom. The number of hydrogen-bond acceptors (Lipinski definition) is 3. The van der Waals surface area contributed by atoms with Gasteiger partial charge in [-0.05, 0) is 18.9 Å². The highest BCUT2D eigenvalue weighted by Crippen LogP contribution is 1.93. The minimum absolute atomic E-state index is 0.773. The van der Waals surface area contributed by atoms with Crippen LogP contribution in [0, 0.1) is 5.92 Å². The van der Waals surface area contributed by atoms with E-state index in [0.717, 1.165) is 25.8 Å². The summed E-state index contributed by atoms with van der Waals surface area (Å²) in [7, 11) is 0. The molecule has 0 amide bonds. The van der Waals surface area contributed by atoms with Crippen LogP contribution in [0.3, 0.4) is 0 Å². The summed E-state index contributed by atoms with van der Waals surface area (Å²) in [5.41, 5.74) is 5.23. The number of hydrogen-bond donors (Lipinski definition) is 2. The highest BCUT2D eigenvalue weighted by atomic mass is 16.4. The smallest absolute Gasteiger partial charge is 0.371 e. The molecule has 3 N–H and O–H groups in total. The van der Waals surface area contributed by atoms with Crippen LogP contribution in [0.4, 0.5) is 0 Å². The first-order valence-corrected chi connectivity index (χ1v) is 3.85. The molecule has 4 nitrogen and oxygen atoms in total. The van der Waals surface area contributed by atoms with Gasteiger partial charge < -0.3 is 10.8 Å². The quantitative estimate of drug-likeness (QED) is 0.617. The van der Waals surface area contributed by atoms with Crippen molar-refractivity contribution in [2.45, 2.75) is 27.2 Å². The Balaban J connectivity index is 0. The van der Waals surface area contributed by atoms with E-state index in [4.69, 9.17) is 10.8 Å². The first kappa shape index (κ1) is 13.7. The van der Waals surface area contributed by atoms with Gasteiger partial charge in [-0.1, -0.05) is 13.8 Å². The Kier molecular flexibility index (Phi) is 9.34. The van der Waals surface area contributed by atoms with Crippen LogP contribution in [-0.2, 0) is 9.59 Å². The summed E-state index contributed by atoms with van der Waals surface area (Å²) >= 11 is 0. The van der Waals surface area contributed by atoms with Crippen molar-refractivity contribution in [2.24, 2.45) is 11.7 Å². The molecule has 0 bridgehead atoms. The highest BCUT2D eigenvalue weighted by Gasteiger charge is 1.98. The predicted molar refractivity (Wildman–Crippen MR) is 46.8 cm³/mol. The molecule has 0 atom stereocenters. The van der Waals surface area contributed by atoms with Crippen LogP contribution in [0.5, 0.6) is 0 Å². The van der Waals surface area contributed by atoms with E-state index in [-0.39, 0.29) is 0 Å². The van der Waals surface area contributed by atoms with E-state index in [1.165, 1.54) is 0 Å². The molecule has 0 unspecified atom stereocenters. The van der Waals surface area contributed by atoms with Gasteiger partial charge in [0.1, 0.15) is 0 Å². The lowest BCUT2D eigenvalue weighted by Gasteiger charge is -1.96. The van der Waals surface area contributed by atoms with E-state index in [2.05, 4.69) is 13.8 Å². The van der Waals surface area contributed by atoms with Crippen molar-refractivity contribution in [3.63, 3.8) is 0 Å². The molecule has 0 heterocycles. The van der Waals surface area contributed by atoms with E-state index >= 15 is 0 Å². The fourth-order valence-corrected chi connectivity index (χ4v) is 0.333. The first-order valence-electron chi connectivity index (χ1n) is 3.85. The van der Waals surface area contributed by atoms with E-state index < -0.39 is 11.8 Å². The van der Waals surface area contributed by atoms with Gasteiger partial charge in [-0.3, -0.25) is 4.79 Å². The Bertz CT molecular complexity index is 131. The molecule has 0 rings (SSSR count). The maximum atomic E-state index is 9.54. The second-order valence-electron chi connectivity index (χ2n) is 2.83. The largest absolute Gasteiger partial charge is 0.476 e. The third-order valence-corrected chi connectivity index (χ3v) is 1.05. The monoisotopic (exact) mass is 175 g/mol. The van der Waals surface area contributed by atoms with E-state index in [9.17, 15) is 9.59 Å². The lowest BCUT2D eigenvalue weighted by molar-refractivity contribution is -0.148. The SMILES string of the molecule is CC(=O)C(=O)O.CC(C)CCN. The van der Waals surface area contributed by atoms with Gasteiger partial charge in [0.05, 0.1) is 0 Å². The van der Waals surface area contributed by atoms with Crippen LogP contribution < -0.4 is 5.73 Å². The van der Waals surface area contributed by atoms with Crippen molar-refractivity contribution < 1.29 is 14.7 Å². The molecule has 0 spiro atoms. The molecule has 12 heavy (non-hydrogen) atoms. The molecule has 72 valence electrons. The van der Waals surface area contributed by atoms with Gasteiger partial charge in [-0.25, -0.2) is 4.79 Å². The van der Waals surface area contributed by atoms with Gasteiger partial charge in [0, 0.05) is 6.92 Å². The van der Waals surface area contributed by atoms with Crippen LogP contribution in [0.25, 0.3) is 0 Å². The summed E-state index contributed by atoms with van der Waals surface area (Å²) in [5.74, 6) is -1.43. The lowest BCUT2D eigenvalue weighted by atomic mass is 10.1. The normalized spacial score (nSPS) is 8.75. The second kappa shape index (κ2) is 8.20. The number of carboxylic acid groups (broad SMARTS) is 1. The lowest BCUT2D eigenvalue weighted by Crippen LogP contribution is -2.05. The number of nitrogens with two attached hydrogens (primary N) is 1. The van der Waals surface area contributed by atoms with Crippen LogP contribution >= 0.6 is 0 Å². The molecule has 0 saturated heterocycles. The number of rotatable bonds is 3. The summed E-state index contributed by atoms with van der Waals surface area (Å²) in [6.07, 6.45) is 1.15. The average molecular weight is 175 g/mol. The number of carbonyl (C=O) groups is 2. The van der Waals surface area contributed by atoms with Gasteiger partial charge in [-0.15, -0.1) is 0 Å². The molecular weight excluding hydrogens is 158 g/mol. The van der Waals surface area contributed by atoms with Gasteiger partial charge >= 0.3 is 5.97 Å². The number of carboxylic acids is 1. The van der Waals surface area contributed by atoms with Crippen molar-refractivity contribution in [3.8, 4) is 0 Å². The van der Waals surface area contributed by atoms with Gasteiger partial charge in [0.15, 0.2) is 0 Å². The molecule has 0 saturated carbocycles. The molecular formula is C8H17NO3. The molecule has 0 fully saturated rings. The number of carbonyl (C=O) groups excluding carboxylic acids is 1. The minimum atomic E-state index is -1.38. The molecule has 0 aromatic carbocycles. The molecule has 4 heteroatoms. The van der Waals surface area contributed by atoms with Crippen LogP contribution in [0.2, 0.25) is 0 Å². The summed E-state index contributed by atoms with van der Waals surface area (Å²) < 4.78 is 0. The molecule has 0 aliphatic rings. The van der Waals surface area contributed by atoms with E-state index in [0.29, 0.717) is 0 Å². The molecule has 0 aromatic rings. The Morgan fingerprint density at radius 3 is 1.75 bits per heavy atom. The van der Waals surface area contributed by atoms with Gasteiger partial charge in [0.25, 0.3) is 0 Å². The molecule has 0 aliphatic carbocycles. The van der Waals surface area contributed by atoms with Gasteiger partial charge in [-0.2, -0.15) is 0 Å². The van der Waals surface area contributed by atoms with Gasteiger partial charge in [0.2, 0.25) is 5.78 Å². The van der Waals surface area contributed by atoms with Crippen molar-refractivity contribution >= 4 is 11.8 Å². The van der Waals surface area contributed by atoms with Crippen molar-refractivity contribution in [2.75, 3.05) is 6.54 Å². The average Bonchev–Trinajstić information content (AvgIpc) is 1.87. The summed E-state index contributed by atoms with van der Waals surface area (Å²) in [6, 6.07) is 0. The summed E-state index contributed by atoms with van der Waals surface area (Å²) in [5, 5.41) is 7.64. The molecule has 0 aliphatic heterocycles. The zero-order valence-corrected chi connectivity index (χ0v) is 7.83. The van der Waals surface area contributed by atoms with Crippen LogP contribution in [-0.4, -0.2) is 23.4 Å². The Labute approximate surface area is 72.8 Å². The third-order valence-electron chi connectivity index (χ3n) is 1.05. The zero-order chi connectivity index (χ0) is 10.1. The molecule has 0 radical (unpaired) electrons. The fraction of sp³-hybridized carbons (Fsp3) is 0.750. The summed E-state index contributed by atoms with van der Waals surface area (Å²) in [4.78, 5) is 18.9. The Hall–Kier alpha value is -0.900. The minimum Gasteiger partial charge on any atom is -0.476 e. The fourth-order valence-electron chi connectivity index (χ4n) is 0.333. The Morgan fingerprint density at radius 2 is 1.75 bits per heavy atom. The highest BCUT2D eigenvalue weighted by molar-refractivity contribution is 6.31. The number of aliphatic carboxylic acids is 1. The summed E-state index contributed by atoms with van der Waals surface area (Å²) in [6.45, 7) is 6.18. The standard InChI is InChI=1S/C5H13N.C3H4O3/c1-5(2)3-4-6;1-2(4)3(5)6/h5H,3-4,6H2,1-2H3;1H3,(H,5,6). The third kappa shape index (κ3) is 16.0. The van der Waals surface area contributed by atoms with Crippen molar-refractivity contribution in [1.82, 2.24) is 0 Å². The maximum Gasteiger partial charge on any atom is 0.371 e. The van der Waals surface area contributed by atoms with E-state index in [1.807, 2.05) is 0 Å². The number of Topliss-reactive ketones (excluding diaryl/α,β-unsaturated/α-hetero) is 1. The van der Waals surface area contributed by atoms with Crippen LogP contribution in [0.1, 0.15) is 27.2 Å². The maximum absolute atomic E-state index is 9.54. The number of ketones is 1. The van der Waals surface area contributed by atoms with Crippen molar-refractivity contribution in [3.05, 3.63) is 0 Å². The second-order valence-corrected chi connectivity index (χ2v) is 2.83. The topological polar surface area (TPSA) is 80.4 Å². The van der Waals surface area contributed by atoms with Crippen molar-refractivity contribution in [1.29, 1.82) is 0 Å². The van der Waals surface area contributed by atoms with E-state index in [1.54, 1.807) is 0 Å². The molecule has 0 aromatic heterocycles. The predicted octanol–water partition coefficient (Wildman–Crippen LogP) is 0.651.